The Morgan fingerprint density at radius 1 is 1.35 bits per heavy atom. The van der Waals surface area contributed by atoms with Gasteiger partial charge in [0.2, 0.25) is 0 Å². The van der Waals surface area contributed by atoms with E-state index in [1.165, 1.54) is 24.3 Å². The molecule has 1 amide bonds. The van der Waals surface area contributed by atoms with Crippen LogP contribution in [0.15, 0.2) is 24.3 Å². The Morgan fingerprint density at radius 2 is 2.00 bits per heavy atom. The van der Waals surface area contributed by atoms with Crippen LogP contribution in [-0.4, -0.2) is 25.6 Å². The van der Waals surface area contributed by atoms with Gasteiger partial charge in [-0.2, -0.15) is 8.78 Å². The van der Waals surface area contributed by atoms with Gasteiger partial charge in [0.1, 0.15) is 5.75 Å². The number of nitrogens with two attached hydrogens (primary N) is 1. The van der Waals surface area contributed by atoms with Gasteiger partial charge in [0.05, 0.1) is 0 Å². The molecule has 1 aromatic rings. The maximum atomic E-state index is 11.9. The molecule has 0 spiro atoms. The molecule has 0 heterocycles. The lowest BCUT2D eigenvalue weighted by Gasteiger charge is -2.06. The van der Waals surface area contributed by atoms with Crippen molar-refractivity contribution in [2.45, 2.75) is 13.0 Å². The molecule has 0 radical (unpaired) electrons. The summed E-state index contributed by atoms with van der Waals surface area (Å²) in [6.07, 6.45) is 0.693. The molecule has 0 aliphatic carbocycles. The first-order chi connectivity index (χ1) is 8.13. The Hall–Kier alpha value is -1.69. The van der Waals surface area contributed by atoms with E-state index in [9.17, 15) is 13.6 Å². The molecule has 6 heteroatoms. The Morgan fingerprint density at radius 3 is 2.53 bits per heavy atom. The molecule has 17 heavy (non-hydrogen) atoms. The number of hydrogen-bond donors (Lipinski definition) is 2. The zero-order valence-electron chi connectivity index (χ0n) is 9.16. The molecule has 0 fully saturated rings. The molecule has 1 rings (SSSR count). The zero-order valence-corrected chi connectivity index (χ0v) is 9.16. The van der Waals surface area contributed by atoms with Crippen LogP contribution < -0.4 is 15.8 Å². The van der Waals surface area contributed by atoms with Crippen LogP contribution in [0.2, 0.25) is 0 Å². The quantitative estimate of drug-likeness (QED) is 0.743. The fourth-order valence-corrected chi connectivity index (χ4v) is 1.19. The predicted octanol–water partition coefficient (Wildman–Crippen LogP) is 1.37. The molecule has 0 bridgehead atoms. The van der Waals surface area contributed by atoms with Crippen molar-refractivity contribution in [2.24, 2.45) is 5.73 Å². The number of ether oxygens (including phenoxy) is 1. The molecule has 0 unspecified atom stereocenters. The second-order valence-electron chi connectivity index (χ2n) is 3.30. The summed E-state index contributed by atoms with van der Waals surface area (Å²) in [5, 5.41) is 2.65. The lowest BCUT2D eigenvalue weighted by atomic mass is 10.2. The molecule has 4 nitrogen and oxygen atoms in total. The summed E-state index contributed by atoms with van der Waals surface area (Å²) >= 11 is 0. The smallest absolute Gasteiger partial charge is 0.387 e. The monoisotopic (exact) mass is 244 g/mol. The number of nitrogens with one attached hydrogen (secondary N) is 1. The Balaban J connectivity index is 2.52. The van der Waals surface area contributed by atoms with E-state index in [1.807, 2.05) is 0 Å². The molecular formula is C11H14F2N2O2. The lowest BCUT2D eigenvalue weighted by Crippen LogP contribution is -2.25. The summed E-state index contributed by atoms with van der Waals surface area (Å²) in [5.74, 6) is -0.236. The van der Waals surface area contributed by atoms with Gasteiger partial charge in [0.25, 0.3) is 5.91 Å². The van der Waals surface area contributed by atoms with Gasteiger partial charge in [0.15, 0.2) is 0 Å². The number of benzene rings is 1. The van der Waals surface area contributed by atoms with Crippen molar-refractivity contribution in [3.8, 4) is 5.75 Å². The standard InChI is InChI=1S/C11H14F2N2O2/c12-11(13)17-9-4-2-8(3-5-9)10(16)15-7-1-6-14/h2-5,11H,1,6-7,14H2,(H,15,16). The van der Waals surface area contributed by atoms with Crippen LogP contribution in [0.3, 0.4) is 0 Å². The van der Waals surface area contributed by atoms with Crippen LogP contribution in [0.4, 0.5) is 8.78 Å². The Bertz CT molecular complexity index is 355. The van der Waals surface area contributed by atoms with E-state index < -0.39 is 6.61 Å². The first-order valence-electron chi connectivity index (χ1n) is 5.16. The first kappa shape index (κ1) is 13.4. The summed E-state index contributed by atoms with van der Waals surface area (Å²) in [7, 11) is 0. The van der Waals surface area contributed by atoms with Gasteiger partial charge in [0, 0.05) is 12.1 Å². The topological polar surface area (TPSA) is 64.3 Å². The third kappa shape index (κ3) is 4.78. The van der Waals surface area contributed by atoms with Crippen molar-refractivity contribution < 1.29 is 18.3 Å². The number of alkyl halides is 2. The number of halogens is 2. The SMILES string of the molecule is NCCCNC(=O)c1ccc(OC(F)F)cc1. The van der Waals surface area contributed by atoms with Gasteiger partial charge < -0.3 is 15.8 Å². The minimum absolute atomic E-state index is 0.0264. The summed E-state index contributed by atoms with van der Waals surface area (Å²) in [5.41, 5.74) is 5.67. The van der Waals surface area contributed by atoms with E-state index in [4.69, 9.17) is 5.73 Å². The van der Waals surface area contributed by atoms with E-state index in [2.05, 4.69) is 10.1 Å². The van der Waals surface area contributed by atoms with Gasteiger partial charge >= 0.3 is 6.61 Å². The van der Waals surface area contributed by atoms with E-state index in [0.717, 1.165) is 0 Å². The number of carbonyl (C=O) groups excluding carboxylic acids is 1. The second-order valence-corrected chi connectivity index (χ2v) is 3.30. The third-order valence-electron chi connectivity index (χ3n) is 2.01. The minimum atomic E-state index is -2.86. The summed E-state index contributed by atoms with van der Waals surface area (Å²) in [6, 6.07) is 5.50. The van der Waals surface area contributed by atoms with Gasteiger partial charge in [-0.15, -0.1) is 0 Å². The molecule has 3 N–H and O–H groups in total. The minimum Gasteiger partial charge on any atom is -0.435 e. The molecule has 0 saturated heterocycles. The van der Waals surface area contributed by atoms with E-state index >= 15 is 0 Å². The van der Waals surface area contributed by atoms with Crippen LogP contribution in [0.25, 0.3) is 0 Å². The van der Waals surface area contributed by atoms with Crippen molar-refractivity contribution in [1.29, 1.82) is 0 Å². The third-order valence-corrected chi connectivity index (χ3v) is 2.01. The average Bonchev–Trinajstić information content (AvgIpc) is 2.29. The van der Waals surface area contributed by atoms with Crippen LogP contribution in [-0.2, 0) is 0 Å². The van der Waals surface area contributed by atoms with Crippen molar-refractivity contribution >= 4 is 5.91 Å². The van der Waals surface area contributed by atoms with Gasteiger partial charge in [-0.1, -0.05) is 0 Å². The number of rotatable bonds is 6. The largest absolute Gasteiger partial charge is 0.435 e. The highest BCUT2D eigenvalue weighted by molar-refractivity contribution is 5.94. The first-order valence-corrected chi connectivity index (χ1v) is 5.16. The van der Waals surface area contributed by atoms with Gasteiger partial charge in [-0.25, -0.2) is 0 Å². The van der Waals surface area contributed by atoms with Crippen LogP contribution in [0.1, 0.15) is 16.8 Å². The van der Waals surface area contributed by atoms with E-state index in [-0.39, 0.29) is 11.7 Å². The van der Waals surface area contributed by atoms with Crippen LogP contribution in [0, 0.1) is 0 Å². The summed E-state index contributed by atoms with van der Waals surface area (Å²) in [6.45, 7) is -1.87. The van der Waals surface area contributed by atoms with Crippen molar-refractivity contribution in [2.75, 3.05) is 13.1 Å². The number of carbonyl (C=O) groups is 1. The molecule has 1 aromatic carbocycles. The summed E-state index contributed by atoms with van der Waals surface area (Å²) in [4.78, 5) is 11.5. The maximum absolute atomic E-state index is 11.9. The normalized spacial score (nSPS) is 10.4. The van der Waals surface area contributed by atoms with Crippen molar-refractivity contribution in [1.82, 2.24) is 5.32 Å². The molecular weight excluding hydrogens is 230 g/mol. The second kappa shape index (κ2) is 6.80. The molecule has 0 saturated carbocycles. The highest BCUT2D eigenvalue weighted by atomic mass is 19.3. The molecule has 94 valence electrons. The fraction of sp³-hybridized carbons (Fsp3) is 0.364. The predicted molar refractivity (Wildman–Crippen MR) is 59.1 cm³/mol. The fourth-order valence-electron chi connectivity index (χ4n) is 1.19. The Kier molecular flexibility index (Phi) is 5.35. The van der Waals surface area contributed by atoms with E-state index in [0.29, 0.717) is 25.1 Å². The lowest BCUT2D eigenvalue weighted by molar-refractivity contribution is -0.0498. The molecule has 0 aliphatic rings. The molecule has 0 aromatic heterocycles. The van der Waals surface area contributed by atoms with Gasteiger partial charge in [-0.3, -0.25) is 4.79 Å². The highest BCUT2D eigenvalue weighted by Gasteiger charge is 2.07. The molecule has 0 atom stereocenters. The van der Waals surface area contributed by atoms with Crippen molar-refractivity contribution in [3.63, 3.8) is 0 Å². The Labute approximate surface area is 97.8 Å². The van der Waals surface area contributed by atoms with E-state index in [1.54, 1.807) is 0 Å². The zero-order chi connectivity index (χ0) is 12.7. The number of hydrogen-bond acceptors (Lipinski definition) is 3. The summed E-state index contributed by atoms with van der Waals surface area (Å²) < 4.78 is 27.9. The van der Waals surface area contributed by atoms with Crippen LogP contribution >= 0.6 is 0 Å². The highest BCUT2D eigenvalue weighted by Crippen LogP contribution is 2.14. The number of amides is 1. The van der Waals surface area contributed by atoms with Gasteiger partial charge in [-0.05, 0) is 37.2 Å². The average molecular weight is 244 g/mol. The van der Waals surface area contributed by atoms with Crippen molar-refractivity contribution in [3.05, 3.63) is 29.8 Å². The maximum Gasteiger partial charge on any atom is 0.387 e. The van der Waals surface area contributed by atoms with Crippen LogP contribution in [0.5, 0.6) is 5.75 Å². The molecule has 0 aliphatic heterocycles.